The summed E-state index contributed by atoms with van der Waals surface area (Å²) in [5.41, 5.74) is 7.04. The van der Waals surface area contributed by atoms with Gasteiger partial charge in [0.2, 0.25) is 5.91 Å². The number of oxime groups is 1. The molecule has 0 bridgehead atoms. The number of hydrogen-bond donors (Lipinski definition) is 4. The van der Waals surface area contributed by atoms with Gasteiger partial charge >= 0.3 is 0 Å². The van der Waals surface area contributed by atoms with Gasteiger partial charge in [-0.3, -0.25) is 4.79 Å². The van der Waals surface area contributed by atoms with E-state index in [1.165, 1.54) is 0 Å². The predicted molar refractivity (Wildman–Crippen MR) is 78.4 cm³/mol. The van der Waals surface area contributed by atoms with E-state index < -0.39 is 0 Å². The highest BCUT2D eigenvalue weighted by Gasteiger charge is 2.21. The summed E-state index contributed by atoms with van der Waals surface area (Å²) in [5, 5.41) is 17.8. The maximum Gasteiger partial charge on any atom is 0.237 e. The average molecular weight is 292 g/mol. The van der Waals surface area contributed by atoms with Crippen molar-refractivity contribution >= 4 is 11.7 Å². The largest absolute Gasteiger partial charge is 0.496 e. The SMILES string of the molecule is COc1ccc(/C(N)=N/O)cc1CNC1CCCNC1=O. The number of nitrogens with zero attached hydrogens (tertiary/aromatic N) is 1. The van der Waals surface area contributed by atoms with Gasteiger partial charge in [-0.1, -0.05) is 5.16 Å². The molecular formula is C14H20N4O3. The van der Waals surface area contributed by atoms with Gasteiger partial charge in [-0.15, -0.1) is 0 Å². The van der Waals surface area contributed by atoms with Crippen LogP contribution in [0, 0.1) is 0 Å². The van der Waals surface area contributed by atoms with Crippen LogP contribution in [-0.4, -0.2) is 36.6 Å². The monoisotopic (exact) mass is 292 g/mol. The first-order valence-corrected chi connectivity index (χ1v) is 6.81. The molecule has 1 heterocycles. The molecule has 0 aromatic heterocycles. The second-order valence-electron chi connectivity index (χ2n) is 4.88. The summed E-state index contributed by atoms with van der Waals surface area (Å²) >= 11 is 0. The number of carbonyl (C=O) groups excluding carboxylic acids is 1. The lowest BCUT2D eigenvalue weighted by Crippen LogP contribution is -2.47. The minimum atomic E-state index is -0.198. The van der Waals surface area contributed by atoms with Crippen LogP contribution in [-0.2, 0) is 11.3 Å². The van der Waals surface area contributed by atoms with Crippen molar-refractivity contribution in [2.24, 2.45) is 10.9 Å². The van der Waals surface area contributed by atoms with Crippen LogP contribution in [0.5, 0.6) is 5.75 Å². The van der Waals surface area contributed by atoms with Gasteiger partial charge in [0.25, 0.3) is 0 Å². The quantitative estimate of drug-likeness (QED) is 0.267. The van der Waals surface area contributed by atoms with E-state index in [9.17, 15) is 4.79 Å². The normalized spacial score (nSPS) is 19.2. The Morgan fingerprint density at radius 1 is 1.62 bits per heavy atom. The minimum absolute atomic E-state index is 0.0211. The van der Waals surface area contributed by atoms with E-state index in [0.29, 0.717) is 17.9 Å². The molecule has 0 saturated carbocycles. The number of benzene rings is 1. The first kappa shape index (κ1) is 15.1. The molecule has 1 aliphatic heterocycles. The third kappa shape index (κ3) is 3.63. The molecule has 1 aromatic rings. The number of piperidine rings is 1. The highest BCUT2D eigenvalue weighted by atomic mass is 16.5. The lowest BCUT2D eigenvalue weighted by Gasteiger charge is -2.23. The van der Waals surface area contributed by atoms with Gasteiger partial charge < -0.3 is 26.3 Å². The molecule has 1 unspecified atom stereocenters. The third-order valence-electron chi connectivity index (χ3n) is 3.51. The number of amides is 1. The van der Waals surface area contributed by atoms with Gasteiger partial charge in [0.15, 0.2) is 5.84 Å². The molecule has 5 N–H and O–H groups in total. The number of nitrogens with two attached hydrogens (primary N) is 1. The summed E-state index contributed by atoms with van der Waals surface area (Å²) in [6, 6.07) is 5.05. The van der Waals surface area contributed by atoms with E-state index in [2.05, 4.69) is 15.8 Å². The first-order valence-electron chi connectivity index (χ1n) is 6.81. The van der Waals surface area contributed by atoms with Gasteiger partial charge in [0.05, 0.1) is 13.2 Å². The zero-order chi connectivity index (χ0) is 15.2. The maximum absolute atomic E-state index is 11.7. The number of amidine groups is 1. The fourth-order valence-corrected chi connectivity index (χ4v) is 2.33. The number of ether oxygens (including phenoxy) is 1. The molecule has 7 heteroatoms. The zero-order valence-electron chi connectivity index (χ0n) is 11.9. The average Bonchev–Trinajstić information content (AvgIpc) is 2.53. The van der Waals surface area contributed by atoms with Crippen LogP contribution in [0.25, 0.3) is 0 Å². The molecule has 21 heavy (non-hydrogen) atoms. The molecule has 114 valence electrons. The van der Waals surface area contributed by atoms with Gasteiger partial charge in [0, 0.05) is 24.2 Å². The molecule has 1 atom stereocenters. The van der Waals surface area contributed by atoms with Crippen LogP contribution in [0.3, 0.4) is 0 Å². The van der Waals surface area contributed by atoms with Gasteiger partial charge in [0.1, 0.15) is 5.75 Å². The molecule has 1 amide bonds. The number of carbonyl (C=O) groups is 1. The van der Waals surface area contributed by atoms with Crippen molar-refractivity contribution in [2.45, 2.75) is 25.4 Å². The highest BCUT2D eigenvalue weighted by Crippen LogP contribution is 2.20. The number of methoxy groups -OCH3 is 1. The predicted octanol–water partition coefficient (Wildman–Crippen LogP) is 0.158. The Morgan fingerprint density at radius 2 is 2.43 bits per heavy atom. The molecule has 1 saturated heterocycles. The maximum atomic E-state index is 11.7. The van der Waals surface area contributed by atoms with Gasteiger partial charge in [-0.05, 0) is 31.0 Å². The Hall–Kier alpha value is -2.28. The van der Waals surface area contributed by atoms with Crippen LogP contribution in [0.2, 0.25) is 0 Å². The summed E-state index contributed by atoms with van der Waals surface area (Å²) in [6.07, 6.45) is 1.78. The third-order valence-corrected chi connectivity index (χ3v) is 3.51. The van der Waals surface area contributed by atoms with Crippen LogP contribution >= 0.6 is 0 Å². The summed E-state index contributed by atoms with van der Waals surface area (Å²) in [6.45, 7) is 1.20. The summed E-state index contributed by atoms with van der Waals surface area (Å²) in [4.78, 5) is 11.7. The van der Waals surface area contributed by atoms with Crippen LogP contribution in [0.15, 0.2) is 23.4 Å². The van der Waals surface area contributed by atoms with E-state index in [0.717, 1.165) is 24.9 Å². The van der Waals surface area contributed by atoms with E-state index in [4.69, 9.17) is 15.7 Å². The van der Waals surface area contributed by atoms with Crippen LogP contribution < -0.4 is 21.1 Å². The Balaban J connectivity index is 2.11. The number of rotatable bonds is 5. The number of hydrogen-bond acceptors (Lipinski definition) is 5. The Bertz CT molecular complexity index is 545. The lowest BCUT2D eigenvalue weighted by atomic mass is 10.0. The molecule has 0 aliphatic carbocycles. The van der Waals surface area contributed by atoms with E-state index in [1.807, 2.05) is 0 Å². The summed E-state index contributed by atoms with van der Waals surface area (Å²) in [5.74, 6) is 0.746. The highest BCUT2D eigenvalue weighted by molar-refractivity contribution is 5.97. The Morgan fingerprint density at radius 3 is 3.10 bits per heavy atom. The fraction of sp³-hybridized carbons (Fsp3) is 0.429. The molecule has 0 radical (unpaired) electrons. The zero-order valence-corrected chi connectivity index (χ0v) is 11.9. The fourth-order valence-electron chi connectivity index (χ4n) is 2.33. The summed E-state index contributed by atoms with van der Waals surface area (Å²) < 4.78 is 5.30. The Kier molecular flexibility index (Phi) is 4.99. The van der Waals surface area contributed by atoms with Crippen molar-refractivity contribution in [2.75, 3.05) is 13.7 Å². The summed E-state index contributed by atoms with van der Waals surface area (Å²) in [7, 11) is 1.58. The molecule has 1 fully saturated rings. The molecular weight excluding hydrogens is 272 g/mol. The second-order valence-corrected chi connectivity index (χ2v) is 4.88. The number of nitrogens with one attached hydrogen (secondary N) is 2. The van der Waals surface area contributed by atoms with Crippen molar-refractivity contribution in [3.05, 3.63) is 29.3 Å². The molecule has 0 spiro atoms. The van der Waals surface area contributed by atoms with E-state index >= 15 is 0 Å². The van der Waals surface area contributed by atoms with Gasteiger partial charge in [-0.2, -0.15) is 0 Å². The standard InChI is InChI=1S/C14H20N4O3/c1-21-12-5-4-9(13(15)18-20)7-10(12)8-17-11-3-2-6-16-14(11)19/h4-5,7,11,17,20H,2-3,6,8H2,1H3,(H2,15,18)(H,16,19). The van der Waals surface area contributed by atoms with Crippen molar-refractivity contribution in [3.8, 4) is 5.75 Å². The molecule has 7 nitrogen and oxygen atoms in total. The van der Waals surface area contributed by atoms with Gasteiger partial charge in [-0.25, -0.2) is 0 Å². The van der Waals surface area contributed by atoms with E-state index in [-0.39, 0.29) is 17.8 Å². The molecule has 1 aromatic carbocycles. The second kappa shape index (κ2) is 6.94. The van der Waals surface area contributed by atoms with Crippen molar-refractivity contribution in [1.82, 2.24) is 10.6 Å². The van der Waals surface area contributed by atoms with Crippen LogP contribution in [0.4, 0.5) is 0 Å². The van der Waals surface area contributed by atoms with Crippen LogP contribution in [0.1, 0.15) is 24.0 Å². The van der Waals surface area contributed by atoms with Crippen molar-refractivity contribution in [3.63, 3.8) is 0 Å². The van der Waals surface area contributed by atoms with Crippen molar-refractivity contribution in [1.29, 1.82) is 0 Å². The lowest BCUT2D eigenvalue weighted by molar-refractivity contribution is -0.124. The first-order chi connectivity index (χ1) is 10.2. The van der Waals surface area contributed by atoms with Crippen molar-refractivity contribution < 1.29 is 14.7 Å². The Labute approximate surface area is 123 Å². The smallest absolute Gasteiger partial charge is 0.237 e. The van der Waals surface area contributed by atoms with E-state index in [1.54, 1.807) is 25.3 Å². The molecule has 2 rings (SSSR count). The minimum Gasteiger partial charge on any atom is -0.496 e. The molecule has 1 aliphatic rings. The topological polar surface area (TPSA) is 109 Å².